The fourth-order valence-electron chi connectivity index (χ4n) is 10.9. The number of imidazole rings is 4. The van der Waals surface area contributed by atoms with Crippen molar-refractivity contribution in [1.29, 1.82) is 0 Å². The smallest absolute Gasteiger partial charge is 0.160 e. The summed E-state index contributed by atoms with van der Waals surface area (Å²) in [5, 5.41) is 15.2. The Morgan fingerprint density at radius 2 is 0.720 bits per heavy atom. The lowest BCUT2D eigenvalue weighted by Gasteiger charge is -2.21. The van der Waals surface area contributed by atoms with Gasteiger partial charge in [-0.1, -0.05) is 137 Å². The molecule has 0 saturated carbocycles. The van der Waals surface area contributed by atoms with Crippen LogP contribution in [0, 0.1) is 0 Å². The van der Waals surface area contributed by atoms with Gasteiger partial charge < -0.3 is 66.1 Å². The van der Waals surface area contributed by atoms with Crippen LogP contribution in [0.2, 0.25) is 40.2 Å². The fourth-order valence-corrected chi connectivity index (χ4v) is 13.0. The number of hydrogen-bond acceptors (Lipinski definition) is 13. The number of aromatic nitrogens is 8. The standard InChI is InChI=1S/C18H20Cl2N4.C17H18Cl2N4O.C17H18Cl2N4.C16H16Cl2N4/c1-2-3-6-22-17-14(10-21)15(11-24-8-7-23-18(17)24)13-5-4-12(19)9-16(13)20;1-24-7-5-21-16-13(9-20)14(10-23-6-4-22-17(16)23)12-3-2-11(18)8-15(12)19;1-2-5-21-16-13(9-20)14(10-23-7-6-22-17(16)23)12-4-3-11(18)8-15(12)19;1-21(2)15-12(8-19)13(9-22-6-5-20-16(15)22)11-4-3-10(17)7-14(11)18/h4-5,7-9,11,22H,2-3,6,10,21H2,1H3;2-4,6,8,10,21H,5,7,9,20H2,1H3;3-4,6-8,10,21H,2,5,9,20H2,1H3;3-7,9H,8,19H2,1-2H3. The van der Waals surface area contributed by atoms with Crippen molar-refractivity contribution in [2.24, 2.45) is 22.9 Å². The third-order valence-corrected chi connectivity index (χ3v) is 17.5. The number of nitrogens with two attached hydrogens (primary N) is 4. The molecule has 17 nitrogen and oxygen atoms in total. The normalized spacial score (nSPS) is 11.2. The van der Waals surface area contributed by atoms with E-state index in [1.807, 2.05) is 135 Å². The Hall–Kier alpha value is -7.04. The summed E-state index contributed by atoms with van der Waals surface area (Å²) >= 11 is 49.7. The molecule has 0 fully saturated rings. The average molecular weight is 1410 g/mol. The quantitative estimate of drug-likeness (QED) is 0.0353. The number of anilines is 4. The minimum absolute atomic E-state index is 0.354. The average Bonchev–Trinajstić information content (AvgIpc) is 1.79. The van der Waals surface area contributed by atoms with E-state index in [1.54, 1.807) is 56.2 Å². The molecule has 93 heavy (non-hydrogen) atoms. The lowest BCUT2D eigenvalue weighted by molar-refractivity contribution is 0.211. The Bertz CT molecular complexity index is 4400. The monoisotopic (exact) mass is 1410 g/mol. The molecule has 0 aliphatic heterocycles. The molecule has 0 saturated heterocycles. The zero-order valence-corrected chi connectivity index (χ0v) is 57.9. The van der Waals surface area contributed by atoms with Gasteiger partial charge >= 0.3 is 0 Å². The first-order valence-electron chi connectivity index (χ1n) is 29.9. The lowest BCUT2D eigenvalue weighted by Crippen LogP contribution is -2.16. The third-order valence-electron chi connectivity index (χ3n) is 15.3. The first kappa shape index (κ1) is 70.3. The van der Waals surface area contributed by atoms with Crippen LogP contribution in [-0.2, 0) is 30.9 Å². The molecular formula is C68H72Cl8N16O. The Balaban J connectivity index is 0.000000146. The molecule has 0 aliphatic rings. The minimum Gasteiger partial charge on any atom is -0.383 e. The summed E-state index contributed by atoms with van der Waals surface area (Å²) in [5.74, 6) is 0. The highest BCUT2D eigenvalue weighted by Gasteiger charge is 2.22. The molecular weight excluding hydrogens is 1340 g/mol. The molecule has 0 aliphatic carbocycles. The van der Waals surface area contributed by atoms with Crippen LogP contribution in [-0.4, -0.2) is 85.0 Å². The minimum atomic E-state index is 0.354. The molecule has 486 valence electrons. The van der Waals surface area contributed by atoms with Gasteiger partial charge in [0.05, 0.1) is 29.4 Å². The van der Waals surface area contributed by atoms with Crippen LogP contribution in [0.4, 0.5) is 22.7 Å². The predicted octanol–water partition coefficient (Wildman–Crippen LogP) is 17.2. The predicted molar refractivity (Wildman–Crippen MR) is 391 cm³/mol. The van der Waals surface area contributed by atoms with E-state index < -0.39 is 0 Å². The van der Waals surface area contributed by atoms with Gasteiger partial charge in [0, 0.05) is 248 Å². The summed E-state index contributed by atoms with van der Waals surface area (Å²) in [6.07, 6.45) is 26.0. The van der Waals surface area contributed by atoms with Gasteiger partial charge in [0.2, 0.25) is 0 Å². The molecule has 4 aromatic carbocycles. The number of halogens is 8. The van der Waals surface area contributed by atoms with Crippen molar-refractivity contribution in [2.75, 3.05) is 68.3 Å². The molecule has 0 atom stereocenters. The van der Waals surface area contributed by atoms with E-state index in [2.05, 4.69) is 49.7 Å². The van der Waals surface area contributed by atoms with Gasteiger partial charge in [-0.25, -0.2) is 19.9 Å². The van der Waals surface area contributed by atoms with Gasteiger partial charge in [0.1, 0.15) is 0 Å². The lowest BCUT2D eigenvalue weighted by atomic mass is 10.00. The number of nitrogens with zero attached hydrogens (tertiary/aromatic N) is 9. The highest BCUT2D eigenvalue weighted by Crippen LogP contribution is 2.42. The van der Waals surface area contributed by atoms with E-state index in [1.165, 1.54) is 0 Å². The van der Waals surface area contributed by atoms with Crippen LogP contribution >= 0.6 is 92.8 Å². The van der Waals surface area contributed by atoms with Crippen LogP contribution in [0.1, 0.15) is 55.4 Å². The summed E-state index contributed by atoms with van der Waals surface area (Å²) in [6.45, 7) is 8.80. The molecule has 0 unspecified atom stereocenters. The largest absolute Gasteiger partial charge is 0.383 e. The molecule has 25 heteroatoms. The molecule has 0 amide bonds. The Kier molecular flexibility index (Phi) is 24.8. The second-order valence-corrected chi connectivity index (χ2v) is 24.9. The van der Waals surface area contributed by atoms with E-state index >= 15 is 0 Å². The second kappa shape index (κ2) is 32.9. The van der Waals surface area contributed by atoms with Crippen molar-refractivity contribution in [3.05, 3.63) is 210 Å². The van der Waals surface area contributed by atoms with Crippen molar-refractivity contribution in [3.63, 3.8) is 0 Å². The van der Waals surface area contributed by atoms with Gasteiger partial charge in [0.15, 0.2) is 22.6 Å². The maximum absolute atomic E-state index is 6.43. The van der Waals surface area contributed by atoms with Crippen molar-refractivity contribution in [1.82, 2.24) is 37.5 Å². The van der Waals surface area contributed by atoms with Crippen LogP contribution < -0.4 is 43.8 Å². The number of benzene rings is 4. The summed E-state index contributed by atoms with van der Waals surface area (Å²) in [6, 6.07) is 22.0. The number of pyridine rings is 4. The number of rotatable bonds is 20. The second-order valence-electron chi connectivity index (χ2n) is 21.5. The molecule has 0 bridgehead atoms. The molecule has 8 heterocycles. The molecule has 12 rings (SSSR count). The van der Waals surface area contributed by atoms with Crippen LogP contribution in [0.3, 0.4) is 0 Å². The summed E-state index contributed by atoms with van der Waals surface area (Å²) in [7, 11) is 5.63. The number of hydrogen-bond donors (Lipinski definition) is 7. The van der Waals surface area contributed by atoms with Crippen molar-refractivity contribution >= 4 is 138 Å². The van der Waals surface area contributed by atoms with E-state index in [9.17, 15) is 0 Å². The first-order chi connectivity index (χ1) is 45.0. The van der Waals surface area contributed by atoms with Gasteiger partial charge in [-0.3, -0.25) is 0 Å². The van der Waals surface area contributed by atoms with E-state index in [4.69, 9.17) is 120 Å². The highest BCUT2D eigenvalue weighted by atomic mass is 35.5. The number of fused-ring (bicyclic) bond motifs is 4. The fraction of sp³-hybridized carbons (Fsp3) is 0.235. The van der Waals surface area contributed by atoms with Crippen LogP contribution in [0.5, 0.6) is 0 Å². The third kappa shape index (κ3) is 16.0. The SMILES string of the molecule is CCCCNc1c(CN)c(-c2ccc(Cl)cc2Cl)cn2ccnc12.CCCNc1c(CN)c(-c2ccc(Cl)cc2Cl)cn2ccnc12.CN(C)c1c(CN)c(-c2ccc(Cl)cc2Cl)cn2ccnc12.COCCNc1c(CN)c(-c2ccc(Cl)cc2Cl)cn2ccnc12. The maximum Gasteiger partial charge on any atom is 0.160 e. The molecule has 0 radical (unpaired) electrons. The van der Waals surface area contributed by atoms with Crippen LogP contribution in [0.15, 0.2) is 147 Å². The molecule has 11 N–H and O–H groups in total. The van der Waals surface area contributed by atoms with Crippen molar-refractivity contribution in [3.8, 4) is 44.5 Å². The summed E-state index contributed by atoms with van der Waals surface area (Å²) in [4.78, 5) is 19.8. The number of ether oxygens (including phenoxy) is 1. The van der Waals surface area contributed by atoms with Crippen molar-refractivity contribution in [2.45, 2.75) is 59.3 Å². The summed E-state index contributed by atoms with van der Waals surface area (Å²) < 4.78 is 13.0. The highest BCUT2D eigenvalue weighted by molar-refractivity contribution is 6.38. The Morgan fingerprint density at radius 3 is 1.02 bits per heavy atom. The Morgan fingerprint density at radius 1 is 0.409 bits per heavy atom. The van der Waals surface area contributed by atoms with Gasteiger partial charge in [-0.2, -0.15) is 0 Å². The zero-order valence-electron chi connectivity index (χ0n) is 51.9. The molecule has 8 aromatic heterocycles. The van der Waals surface area contributed by atoms with E-state index in [0.717, 1.165) is 144 Å². The molecule has 12 aromatic rings. The van der Waals surface area contributed by atoms with E-state index in [-0.39, 0.29) is 0 Å². The number of methoxy groups -OCH3 is 1. The topological polar surface area (TPSA) is 222 Å². The van der Waals surface area contributed by atoms with Gasteiger partial charge in [-0.05, 0) is 61.4 Å². The first-order valence-corrected chi connectivity index (χ1v) is 33.0. The van der Waals surface area contributed by atoms with Crippen LogP contribution in [0.25, 0.3) is 67.1 Å². The zero-order chi connectivity index (χ0) is 66.5. The summed E-state index contributed by atoms with van der Waals surface area (Å²) in [5.41, 5.74) is 43.0. The maximum atomic E-state index is 6.43. The van der Waals surface area contributed by atoms with E-state index in [0.29, 0.717) is 79.5 Å². The van der Waals surface area contributed by atoms with Gasteiger partial charge in [-0.15, -0.1) is 0 Å². The van der Waals surface area contributed by atoms with Gasteiger partial charge in [0.25, 0.3) is 0 Å². The Labute approximate surface area is 580 Å². The van der Waals surface area contributed by atoms with Crippen molar-refractivity contribution < 1.29 is 4.74 Å². The molecule has 0 spiro atoms. The number of unbranched alkanes of at least 4 members (excludes halogenated alkanes) is 1. The number of nitrogens with one attached hydrogen (secondary N) is 3.